The maximum absolute atomic E-state index is 6.77. The van der Waals surface area contributed by atoms with E-state index in [0.717, 1.165) is 77.3 Å². The van der Waals surface area contributed by atoms with Gasteiger partial charge in [0.25, 0.3) is 0 Å². The van der Waals surface area contributed by atoms with Gasteiger partial charge in [0.15, 0.2) is 23.1 Å². The molecule has 0 saturated carbocycles. The quantitative estimate of drug-likeness (QED) is 0.182. The maximum Gasteiger partial charge on any atom is 0.164 e. The number of hydrogen-bond acceptors (Lipinski definition) is 5. The number of rotatable bonds is 4. The zero-order chi connectivity index (χ0) is 36.0. The summed E-state index contributed by atoms with van der Waals surface area (Å²) in [7, 11) is 0. The molecule has 0 radical (unpaired) electrons. The van der Waals surface area contributed by atoms with Crippen LogP contribution in [0.15, 0.2) is 179 Å². The third kappa shape index (κ3) is 4.52. The summed E-state index contributed by atoms with van der Waals surface area (Å²) in [5.74, 6) is 1.73. The predicted molar refractivity (Wildman–Crippen MR) is 223 cm³/mol. The van der Waals surface area contributed by atoms with E-state index in [1.807, 2.05) is 72.8 Å². The van der Waals surface area contributed by atoms with Gasteiger partial charge in [0.05, 0.1) is 16.7 Å². The van der Waals surface area contributed by atoms with Crippen molar-refractivity contribution in [3.63, 3.8) is 0 Å². The molecule has 0 amide bonds. The highest BCUT2D eigenvalue weighted by atomic mass is 16.3. The van der Waals surface area contributed by atoms with Gasteiger partial charge in [-0.05, 0) is 59.3 Å². The minimum Gasteiger partial charge on any atom is -0.456 e. The van der Waals surface area contributed by atoms with Crippen LogP contribution in [-0.4, -0.2) is 19.5 Å². The Morgan fingerprint density at radius 3 is 1.85 bits per heavy atom. The Morgan fingerprint density at radius 1 is 0.382 bits per heavy atom. The van der Waals surface area contributed by atoms with Gasteiger partial charge in [0.1, 0.15) is 16.7 Å². The van der Waals surface area contributed by atoms with Gasteiger partial charge in [0.2, 0.25) is 0 Å². The molecule has 0 bridgehead atoms. The summed E-state index contributed by atoms with van der Waals surface area (Å²) in [5.41, 5.74) is 8.97. The third-order valence-electron chi connectivity index (χ3n) is 10.8. The van der Waals surface area contributed by atoms with Crippen LogP contribution in [0.5, 0.6) is 0 Å². The smallest absolute Gasteiger partial charge is 0.164 e. The van der Waals surface area contributed by atoms with Crippen LogP contribution in [0.25, 0.3) is 116 Å². The summed E-state index contributed by atoms with van der Waals surface area (Å²) >= 11 is 0. The van der Waals surface area contributed by atoms with Gasteiger partial charge in [-0.2, -0.15) is 0 Å². The average molecular weight is 705 g/mol. The first-order valence-electron chi connectivity index (χ1n) is 18.4. The molecule has 12 rings (SSSR count). The lowest BCUT2D eigenvalue weighted by Crippen LogP contribution is -2.01. The molecule has 6 heteroatoms. The first-order chi connectivity index (χ1) is 27.2. The number of aromatic nitrogens is 4. The zero-order valence-corrected chi connectivity index (χ0v) is 29.3. The Bertz CT molecular complexity index is 3500. The molecule has 12 aromatic rings. The molecule has 0 atom stereocenters. The molecule has 0 spiro atoms. The fourth-order valence-electron chi connectivity index (χ4n) is 8.32. The molecule has 55 heavy (non-hydrogen) atoms. The summed E-state index contributed by atoms with van der Waals surface area (Å²) in [4.78, 5) is 15.6. The highest BCUT2D eigenvalue weighted by Crippen LogP contribution is 2.42. The average Bonchev–Trinajstić information content (AvgIpc) is 3.92. The van der Waals surface area contributed by atoms with Crippen molar-refractivity contribution in [2.75, 3.05) is 0 Å². The Hall–Kier alpha value is -7.57. The van der Waals surface area contributed by atoms with Gasteiger partial charge >= 0.3 is 0 Å². The Labute approximate surface area is 313 Å². The molecular weight excluding hydrogens is 677 g/mol. The predicted octanol–water partition coefficient (Wildman–Crippen LogP) is 12.9. The van der Waals surface area contributed by atoms with Gasteiger partial charge in [-0.25, -0.2) is 15.0 Å². The topological polar surface area (TPSA) is 69.9 Å². The van der Waals surface area contributed by atoms with Crippen molar-refractivity contribution in [2.24, 2.45) is 0 Å². The van der Waals surface area contributed by atoms with Gasteiger partial charge < -0.3 is 13.4 Å². The van der Waals surface area contributed by atoms with Crippen LogP contribution in [0.2, 0.25) is 0 Å². The largest absolute Gasteiger partial charge is 0.456 e. The minimum atomic E-state index is 0.563. The molecule has 0 aliphatic carbocycles. The van der Waals surface area contributed by atoms with Gasteiger partial charge in [-0.15, -0.1) is 0 Å². The summed E-state index contributed by atoms with van der Waals surface area (Å²) in [6, 6.07) is 58.5. The van der Waals surface area contributed by atoms with Crippen LogP contribution in [0.1, 0.15) is 0 Å². The zero-order valence-electron chi connectivity index (χ0n) is 29.3. The number of para-hydroxylation sites is 3. The first-order valence-corrected chi connectivity index (χ1v) is 18.4. The summed E-state index contributed by atoms with van der Waals surface area (Å²) in [6.45, 7) is 0. The standard InChI is InChI=1S/C49H28N4O2/c1-2-13-29(14-3-1)47-50-48(52-49(51-47)36-20-12-24-44-45(36)35-19-8-11-23-43(35)54-44)32-26-38-34-18-7-10-22-42(34)55-46(38)41(28-32)53-39-21-9-6-17-33(39)37-25-30-15-4-5-16-31(30)27-40(37)53/h1-28H. The second-order valence-electron chi connectivity index (χ2n) is 14.0. The molecule has 4 heterocycles. The summed E-state index contributed by atoms with van der Waals surface area (Å²) in [5, 5.41) is 8.73. The molecular formula is C49H28N4O2. The third-order valence-corrected chi connectivity index (χ3v) is 10.8. The molecule has 8 aromatic carbocycles. The van der Waals surface area contributed by atoms with Crippen molar-refractivity contribution >= 4 is 76.5 Å². The molecule has 0 unspecified atom stereocenters. The molecule has 0 fully saturated rings. The van der Waals surface area contributed by atoms with Crippen LogP contribution in [0.3, 0.4) is 0 Å². The van der Waals surface area contributed by atoms with Crippen molar-refractivity contribution in [3.05, 3.63) is 170 Å². The van der Waals surface area contributed by atoms with E-state index in [4.69, 9.17) is 23.8 Å². The van der Waals surface area contributed by atoms with E-state index in [2.05, 4.69) is 102 Å². The lowest BCUT2D eigenvalue weighted by atomic mass is 10.0. The summed E-state index contributed by atoms with van der Waals surface area (Å²) in [6.07, 6.45) is 0. The van der Waals surface area contributed by atoms with Crippen LogP contribution in [-0.2, 0) is 0 Å². The molecule has 0 saturated heterocycles. The monoisotopic (exact) mass is 704 g/mol. The van der Waals surface area contributed by atoms with Crippen molar-refractivity contribution < 1.29 is 8.83 Å². The van der Waals surface area contributed by atoms with Crippen LogP contribution < -0.4 is 0 Å². The fraction of sp³-hybridized carbons (Fsp3) is 0. The van der Waals surface area contributed by atoms with Crippen LogP contribution in [0, 0.1) is 0 Å². The number of nitrogens with zero attached hydrogens (tertiary/aromatic N) is 4. The second-order valence-corrected chi connectivity index (χ2v) is 14.0. The molecule has 0 aliphatic rings. The van der Waals surface area contributed by atoms with Crippen molar-refractivity contribution in [3.8, 4) is 39.9 Å². The summed E-state index contributed by atoms with van der Waals surface area (Å²) < 4.78 is 15.4. The van der Waals surface area contributed by atoms with E-state index in [1.165, 1.54) is 21.5 Å². The van der Waals surface area contributed by atoms with Gasteiger partial charge in [0, 0.05) is 49.0 Å². The highest BCUT2D eigenvalue weighted by Gasteiger charge is 2.23. The Kier molecular flexibility index (Phi) is 6.24. The van der Waals surface area contributed by atoms with Crippen molar-refractivity contribution in [1.82, 2.24) is 19.5 Å². The van der Waals surface area contributed by atoms with Gasteiger partial charge in [-0.3, -0.25) is 0 Å². The van der Waals surface area contributed by atoms with Crippen LogP contribution in [0.4, 0.5) is 0 Å². The van der Waals surface area contributed by atoms with E-state index in [0.29, 0.717) is 17.5 Å². The Balaban J connectivity index is 1.19. The Morgan fingerprint density at radius 2 is 1.02 bits per heavy atom. The fourth-order valence-corrected chi connectivity index (χ4v) is 8.32. The number of benzene rings is 8. The maximum atomic E-state index is 6.77. The molecule has 0 aliphatic heterocycles. The minimum absolute atomic E-state index is 0.563. The number of hydrogen-bond donors (Lipinski definition) is 0. The lowest BCUT2D eigenvalue weighted by molar-refractivity contribution is 0.666. The van der Waals surface area contributed by atoms with E-state index in [9.17, 15) is 0 Å². The normalized spacial score (nSPS) is 12.0. The van der Waals surface area contributed by atoms with Crippen LogP contribution >= 0.6 is 0 Å². The van der Waals surface area contributed by atoms with E-state index < -0.39 is 0 Å². The van der Waals surface area contributed by atoms with E-state index >= 15 is 0 Å². The molecule has 4 aromatic heterocycles. The number of furan rings is 2. The molecule has 6 nitrogen and oxygen atoms in total. The lowest BCUT2D eigenvalue weighted by Gasteiger charge is -2.13. The molecule has 256 valence electrons. The van der Waals surface area contributed by atoms with Gasteiger partial charge in [-0.1, -0.05) is 121 Å². The van der Waals surface area contributed by atoms with E-state index in [-0.39, 0.29) is 0 Å². The SMILES string of the molecule is c1ccc(-c2nc(-c3cc(-n4c5ccccc5c5cc6ccccc6cc54)c4oc5ccccc5c4c3)nc(-c3cccc4oc5ccccc5c34)n2)cc1. The highest BCUT2D eigenvalue weighted by molar-refractivity contribution is 6.16. The van der Waals surface area contributed by atoms with E-state index in [1.54, 1.807) is 0 Å². The van der Waals surface area contributed by atoms with Crippen molar-refractivity contribution in [1.29, 1.82) is 0 Å². The molecule has 0 N–H and O–H groups in total. The number of fused-ring (bicyclic) bond motifs is 10. The second kappa shape index (κ2) is 11.5. The van der Waals surface area contributed by atoms with Crippen molar-refractivity contribution in [2.45, 2.75) is 0 Å². The first kappa shape index (κ1) is 29.9.